The monoisotopic (exact) mass is 417 g/mol. The van der Waals surface area contributed by atoms with Gasteiger partial charge in [0, 0.05) is 18.7 Å². The molecule has 0 aliphatic rings. The van der Waals surface area contributed by atoms with Crippen LogP contribution in [0.4, 0.5) is 5.82 Å². The summed E-state index contributed by atoms with van der Waals surface area (Å²) in [6, 6.07) is 8.87. The minimum absolute atomic E-state index is 0. The quantitative estimate of drug-likeness (QED) is 0.342. The Hall–Kier alpha value is -1.84. The Morgan fingerprint density at radius 3 is 2.63 bits per heavy atom. The van der Waals surface area contributed by atoms with E-state index in [2.05, 4.69) is 20.9 Å². The van der Waals surface area contributed by atoms with E-state index in [0.29, 0.717) is 35.6 Å². The molecule has 150 valence electrons. The number of rotatable bonds is 10. The normalized spacial score (nSPS) is 12.6. The van der Waals surface area contributed by atoms with Gasteiger partial charge in [0.05, 0.1) is 5.02 Å². The van der Waals surface area contributed by atoms with Crippen LogP contribution in [0.3, 0.4) is 0 Å². The number of nitrogens with one attached hydrogen (secondary N) is 2. The SMILES string of the molecule is Cc1cccc(OCC(O)CNC(C)COc2ccc(NN)nn2)c1Cl.Cl. The molecule has 8 nitrogen and oxygen atoms in total. The number of aryl methyl sites for hydroxylation is 1. The first-order valence-electron chi connectivity index (χ1n) is 8.22. The van der Waals surface area contributed by atoms with Crippen LogP contribution in [0.2, 0.25) is 5.02 Å². The molecular weight excluding hydrogens is 393 g/mol. The van der Waals surface area contributed by atoms with E-state index in [4.69, 9.17) is 26.9 Å². The fourth-order valence-corrected chi connectivity index (χ4v) is 2.24. The zero-order valence-corrected chi connectivity index (χ0v) is 16.8. The number of aliphatic hydroxyl groups excluding tert-OH is 1. The van der Waals surface area contributed by atoms with E-state index in [-0.39, 0.29) is 25.1 Å². The van der Waals surface area contributed by atoms with Gasteiger partial charge in [-0.25, -0.2) is 5.84 Å². The molecule has 0 amide bonds. The first-order chi connectivity index (χ1) is 12.5. The number of halogens is 2. The Labute approximate surface area is 169 Å². The maximum atomic E-state index is 10.0. The fourth-order valence-electron chi connectivity index (χ4n) is 2.06. The highest BCUT2D eigenvalue weighted by Crippen LogP contribution is 2.27. The Kier molecular flexibility index (Phi) is 10.1. The fraction of sp³-hybridized carbons (Fsp3) is 0.412. The van der Waals surface area contributed by atoms with Crippen LogP contribution in [-0.4, -0.2) is 47.2 Å². The van der Waals surface area contributed by atoms with Crippen molar-refractivity contribution in [2.45, 2.75) is 26.0 Å². The van der Waals surface area contributed by atoms with E-state index in [1.165, 1.54) is 0 Å². The molecule has 5 N–H and O–H groups in total. The second-order valence-corrected chi connectivity index (χ2v) is 6.25. The first kappa shape index (κ1) is 23.2. The van der Waals surface area contributed by atoms with E-state index < -0.39 is 6.10 Å². The van der Waals surface area contributed by atoms with E-state index >= 15 is 0 Å². The van der Waals surface area contributed by atoms with Gasteiger partial charge in [0.25, 0.3) is 0 Å². The smallest absolute Gasteiger partial charge is 0.233 e. The van der Waals surface area contributed by atoms with Crippen LogP contribution < -0.4 is 26.1 Å². The molecule has 0 fully saturated rings. The van der Waals surface area contributed by atoms with Crippen LogP contribution in [0.5, 0.6) is 11.6 Å². The van der Waals surface area contributed by atoms with Gasteiger partial charge in [-0.2, -0.15) is 0 Å². The molecule has 2 atom stereocenters. The number of aromatic nitrogens is 2. The summed E-state index contributed by atoms with van der Waals surface area (Å²) in [6.07, 6.45) is -0.677. The lowest BCUT2D eigenvalue weighted by atomic mass is 10.2. The molecule has 0 aliphatic heterocycles. The second-order valence-electron chi connectivity index (χ2n) is 5.87. The molecule has 0 radical (unpaired) electrons. The minimum Gasteiger partial charge on any atom is -0.489 e. The molecular formula is C17H25Cl2N5O3. The van der Waals surface area contributed by atoms with Crippen LogP contribution >= 0.6 is 24.0 Å². The van der Waals surface area contributed by atoms with Gasteiger partial charge in [-0.15, -0.1) is 22.6 Å². The number of nitrogens with zero attached hydrogens (tertiary/aromatic N) is 2. The van der Waals surface area contributed by atoms with E-state index in [1.54, 1.807) is 18.2 Å². The van der Waals surface area contributed by atoms with Crippen molar-refractivity contribution in [3.8, 4) is 11.6 Å². The summed E-state index contributed by atoms with van der Waals surface area (Å²) in [5, 5.41) is 21.5. The van der Waals surface area contributed by atoms with Crippen LogP contribution in [0.25, 0.3) is 0 Å². The molecule has 0 saturated carbocycles. The third-order valence-corrected chi connectivity index (χ3v) is 4.04. The molecule has 2 aromatic rings. The number of hydrazine groups is 1. The Morgan fingerprint density at radius 2 is 1.96 bits per heavy atom. The number of hydrogen-bond donors (Lipinski definition) is 4. The molecule has 2 rings (SSSR count). The topological polar surface area (TPSA) is 115 Å². The Bertz CT molecular complexity index is 691. The summed E-state index contributed by atoms with van der Waals surface area (Å²) in [5.74, 6) is 6.65. The summed E-state index contributed by atoms with van der Waals surface area (Å²) >= 11 is 6.16. The first-order valence-corrected chi connectivity index (χ1v) is 8.60. The van der Waals surface area contributed by atoms with E-state index in [1.807, 2.05) is 26.0 Å². The van der Waals surface area contributed by atoms with Gasteiger partial charge in [-0.3, -0.25) is 0 Å². The van der Waals surface area contributed by atoms with Crippen LogP contribution in [0, 0.1) is 6.92 Å². The molecule has 10 heteroatoms. The number of aliphatic hydroxyl groups is 1. The minimum atomic E-state index is -0.677. The molecule has 0 saturated heterocycles. The largest absolute Gasteiger partial charge is 0.489 e. The maximum Gasteiger partial charge on any atom is 0.233 e. The lowest BCUT2D eigenvalue weighted by Crippen LogP contribution is -2.39. The molecule has 2 unspecified atom stereocenters. The van der Waals surface area contributed by atoms with Crippen LogP contribution in [-0.2, 0) is 0 Å². The van der Waals surface area contributed by atoms with Crippen molar-refractivity contribution in [3.05, 3.63) is 40.9 Å². The standard InChI is InChI=1S/C17H24ClN5O3.ClH/c1-11-4-3-5-14(17(11)18)25-10-13(24)8-20-12(2)9-26-16-7-6-15(21-19)22-23-16;/h3-7,12-13,20,24H,8-10,19H2,1-2H3,(H,21,22);1H. The molecule has 1 aromatic heterocycles. The van der Waals surface area contributed by atoms with Gasteiger partial charge < -0.3 is 25.3 Å². The van der Waals surface area contributed by atoms with Gasteiger partial charge in [0.1, 0.15) is 25.1 Å². The molecule has 1 aromatic carbocycles. The average Bonchev–Trinajstić information content (AvgIpc) is 2.66. The lowest BCUT2D eigenvalue weighted by molar-refractivity contribution is 0.101. The maximum absolute atomic E-state index is 10.0. The van der Waals surface area contributed by atoms with Crippen molar-refractivity contribution in [1.82, 2.24) is 15.5 Å². The molecule has 27 heavy (non-hydrogen) atoms. The number of nitrogen functional groups attached to an aromatic ring is 1. The number of nitrogens with two attached hydrogens (primary N) is 1. The van der Waals surface area contributed by atoms with E-state index in [0.717, 1.165) is 5.56 Å². The number of benzene rings is 1. The number of anilines is 1. The van der Waals surface area contributed by atoms with Crippen molar-refractivity contribution >= 4 is 29.8 Å². The highest BCUT2D eigenvalue weighted by molar-refractivity contribution is 6.32. The summed E-state index contributed by atoms with van der Waals surface area (Å²) in [6.45, 7) is 4.72. The van der Waals surface area contributed by atoms with E-state index in [9.17, 15) is 5.11 Å². The zero-order valence-electron chi connectivity index (χ0n) is 15.2. The number of hydrogen-bond acceptors (Lipinski definition) is 8. The van der Waals surface area contributed by atoms with Crippen molar-refractivity contribution < 1.29 is 14.6 Å². The van der Waals surface area contributed by atoms with Gasteiger partial charge in [-0.05, 0) is 31.5 Å². The van der Waals surface area contributed by atoms with Crippen LogP contribution in [0.1, 0.15) is 12.5 Å². The third kappa shape index (κ3) is 7.74. The van der Waals surface area contributed by atoms with Gasteiger partial charge in [0.2, 0.25) is 5.88 Å². The molecule has 0 aliphatic carbocycles. The predicted molar refractivity (Wildman–Crippen MR) is 108 cm³/mol. The van der Waals surface area contributed by atoms with Crippen molar-refractivity contribution in [3.63, 3.8) is 0 Å². The van der Waals surface area contributed by atoms with Crippen molar-refractivity contribution in [1.29, 1.82) is 0 Å². The molecule has 0 spiro atoms. The summed E-state index contributed by atoms with van der Waals surface area (Å²) in [5.41, 5.74) is 3.32. The van der Waals surface area contributed by atoms with Crippen molar-refractivity contribution in [2.75, 3.05) is 25.2 Å². The average molecular weight is 418 g/mol. The third-order valence-electron chi connectivity index (χ3n) is 3.56. The van der Waals surface area contributed by atoms with Gasteiger partial charge in [-0.1, -0.05) is 23.7 Å². The lowest BCUT2D eigenvalue weighted by Gasteiger charge is -2.18. The van der Waals surface area contributed by atoms with Gasteiger partial charge >= 0.3 is 0 Å². The summed E-state index contributed by atoms with van der Waals surface area (Å²) in [7, 11) is 0. The predicted octanol–water partition coefficient (Wildman–Crippen LogP) is 1.94. The Balaban J connectivity index is 0.00000364. The number of ether oxygens (including phenoxy) is 2. The molecule has 0 bridgehead atoms. The zero-order chi connectivity index (χ0) is 18.9. The second kappa shape index (κ2) is 11.8. The summed E-state index contributed by atoms with van der Waals surface area (Å²) < 4.78 is 11.1. The van der Waals surface area contributed by atoms with Gasteiger partial charge in [0.15, 0.2) is 5.82 Å². The van der Waals surface area contributed by atoms with Crippen molar-refractivity contribution in [2.24, 2.45) is 5.84 Å². The Morgan fingerprint density at radius 1 is 1.19 bits per heavy atom. The highest BCUT2D eigenvalue weighted by atomic mass is 35.5. The highest BCUT2D eigenvalue weighted by Gasteiger charge is 2.11. The van der Waals surface area contributed by atoms with Crippen LogP contribution in [0.15, 0.2) is 30.3 Å². The molecule has 1 heterocycles. The summed E-state index contributed by atoms with van der Waals surface area (Å²) in [4.78, 5) is 0.